The molecular weight excluding hydrogens is 252 g/mol. The van der Waals surface area contributed by atoms with Crippen molar-refractivity contribution in [1.82, 2.24) is 0 Å². The minimum absolute atomic E-state index is 0.490. The van der Waals surface area contributed by atoms with Gasteiger partial charge in [0.05, 0.1) is 0 Å². The summed E-state index contributed by atoms with van der Waals surface area (Å²) in [4.78, 5) is 0. The van der Waals surface area contributed by atoms with E-state index in [-0.39, 0.29) is 0 Å². The van der Waals surface area contributed by atoms with Gasteiger partial charge in [-0.2, -0.15) is 0 Å². The molecule has 0 aliphatic heterocycles. The summed E-state index contributed by atoms with van der Waals surface area (Å²) in [5, 5.41) is 0. The van der Waals surface area contributed by atoms with E-state index in [9.17, 15) is 0 Å². The second kappa shape index (κ2) is 6.15. The van der Waals surface area contributed by atoms with E-state index in [4.69, 9.17) is 0 Å². The van der Waals surface area contributed by atoms with Gasteiger partial charge in [-0.05, 0) is 67.3 Å². The van der Waals surface area contributed by atoms with Crippen molar-refractivity contribution in [2.45, 2.75) is 72.1 Å². The molecule has 0 spiro atoms. The predicted molar refractivity (Wildman–Crippen MR) is 92.2 cm³/mol. The van der Waals surface area contributed by atoms with Crippen LogP contribution in [0.25, 0.3) is 0 Å². The van der Waals surface area contributed by atoms with Gasteiger partial charge in [-0.1, -0.05) is 63.5 Å². The summed E-state index contributed by atoms with van der Waals surface area (Å²) in [5.41, 5.74) is 4.09. The van der Waals surface area contributed by atoms with Gasteiger partial charge in [-0.3, -0.25) is 0 Å². The summed E-state index contributed by atoms with van der Waals surface area (Å²) in [6.45, 7) is 7.28. The van der Waals surface area contributed by atoms with Crippen LogP contribution in [-0.2, 0) is 0 Å². The first-order valence-electron chi connectivity index (χ1n) is 9.24. The Bertz CT molecular complexity index is 462. The second-order valence-corrected chi connectivity index (χ2v) is 7.81. The van der Waals surface area contributed by atoms with Gasteiger partial charge in [-0.15, -0.1) is 0 Å². The lowest BCUT2D eigenvalue weighted by Gasteiger charge is -2.38. The smallest absolute Gasteiger partial charge is 0.00185 e. The molecule has 116 valence electrons. The molecule has 0 amide bonds. The molecule has 3 aliphatic carbocycles. The van der Waals surface area contributed by atoms with E-state index >= 15 is 0 Å². The Balaban J connectivity index is 1.89. The quantitative estimate of drug-likeness (QED) is 0.509. The van der Waals surface area contributed by atoms with Gasteiger partial charge < -0.3 is 0 Å². The third-order valence-electron chi connectivity index (χ3n) is 6.50. The van der Waals surface area contributed by atoms with Crippen LogP contribution in [0.15, 0.2) is 35.5 Å². The molecule has 3 atom stereocenters. The van der Waals surface area contributed by atoms with Crippen molar-refractivity contribution < 1.29 is 0 Å². The molecule has 0 N–H and O–H groups in total. The Kier molecular flexibility index (Phi) is 4.43. The normalized spacial score (nSPS) is 35.0. The molecule has 0 aromatic heterocycles. The highest BCUT2D eigenvalue weighted by Crippen LogP contribution is 2.59. The van der Waals surface area contributed by atoms with Crippen LogP contribution in [0.4, 0.5) is 0 Å². The van der Waals surface area contributed by atoms with Gasteiger partial charge in [0.1, 0.15) is 0 Å². The molecule has 21 heavy (non-hydrogen) atoms. The summed E-state index contributed by atoms with van der Waals surface area (Å²) in [7, 11) is 0. The van der Waals surface area contributed by atoms with Crippen molar-refractivity contribution in [3.05, 3.63) is 35.5 Å². The summed E-state index contributed by atoms with van der Waals surface area (Å²) >= 11 is 0. The molecule has 0 saturated heterocycles. The van der Waals surface area contributed by atoms with Crippen molar-refractivity contribution in [1.29, 1.82) is 0 Å². The Morgan fingerprint density at radius 1 is 1.24 bits per heavy atom. The van der Waals surface area contributed by atoms with Crippen LogP contribution in [0, 0.1) is 23.2 Å². The number of unbranched alkanes of at least 4 members (excludes halogenated alkanes) is 1. The average molecular weight is 284 g/mol. The Morgan fingerprint density at radius 2 is 2.10 bits per heavy atom. The molecule has 0 radical (unpaired) electrons. The highest BCUT2D eigenvalue weighted by atomic mass is 14.5. The Labute approximate surface area is 131 Å². The van der Waals surface area contributed by atoms with E-state index in [0.717, 1.165) is 17.8 Å². The lowest BCUT2D eigenvalue weighted by Crippen LogP contribution is -2.28. The molecule has 0 nitrogen and oxygen atoms in total. The van der Waals surface area contributed by atoms with Gasteiger partial charge in [0, 0.05) is 0 Å². The van der Waals surface area contributed by atoms with Crippen molar-refractivity contribution in [2.24, 2.45) is 23.2 Å². The van der Waals surface area contributed by atoms with Crippen LogP contribution in [0.1, 0.15) is 72.1 Å². The fourth-order valence-electron chi connectivity index (χ4n) is 5.18. The average Bonchev–Trinajstić information content (AvgIpc) is 3.08. The van der Waals surface area contributed by atoms with Crippen molar-refractivity contribution in [2.75, 3.05) is 0 Å². The molecule has 3 aliphatic rings. The first-order chi connectivity index (χ1) is 10.2. The minimum atomic E-state index is 0.490. The minimum Gasteiger partial charge on any atom is -0.0885 e. The summed E-state index contributed by atoms with van der Waals surface area (Å²) in [5.74, 6) is 2.57. The topological polar surface area (TPSA) is 0 Å². The molecular formula is C21H32. The monoisotopic (exact) mass is 284 g/mol. The van der Waals surface area contributed by atoms with Crippen molar-refractivity contribution in [3.8, 4) is 0 Å². The molecule has 0 aromatic rings. The van der Waals surface area contributed by atoms with Gasteiger partial charge in [0.2, 0.25) is 0 Å². The van der Waals surface area contributed by atoms with Gasteiger partial charge in [-0.25, -0.2) is 0 Å². The SMILES string of the molecule is CCCCC1(C(C)C)CC(C2CC=CCC2)C2=C1C=CC2. The van der Waals surface area contributed by atoms with E-state index < -0.39 is 0 Å². The maximum atomic E-state index is 2.50. The first-order valence-corrected chi connectivity index (χ1v) is 9.24. The van der Waals surface area contributed by atoms with Crippen molar-refractivity contribution in [3.63, 3.8) is 0 Å². The predicted octanol–water partition coefficient (Wildman–Crippen LogP) is 6.45. The van der Waals surface area contributed by atoms with Crippen LogP contribution in [0.3, 0.4) is 0 Å². The summed E-state index contributed by atoms with van der Waals surface area (Å²) in [6, 6.07) is 0. The Hall–Kier alpha value is -0.780. The standard InChI is InChI=1S/C21H32/c1-4-5-14-21(16(2)3)15-19(17-10-7-6-8-11-17)18-12-9-13-20(18)21/h6-7,9,13,16-17,19H,4-5,8,10-12,14-15H2,1-3H3. The fourth-order valence-corrected chi connectivity index (χ4v) is 5.18. The van der Waals surface area contributed by atoms with Crippen LogP contribution >= 0.6 is 0 Å². The van der Waals surface area contributed by atoms with Crippen LogP contribution < -0.4 is 0 Å². The van der Waals surface area contributed by atoms with E-state index in [1.54, 1.807) is 5.57 Å². The lowest BCUT2D eigenvalue weighted by molar-refractivity contribution is 0.178. The lowest BCUT2D eigenvalue weighted by atomic mass is 9.66. The molecule has 0 saturated carbocycles. The number of hydrogen-bond acceptors (Lipinski definition) is 0. The third kappa shape index (κ3) is 2.56. The van der Waals surface area contributed by atoms with Crippen LogP contribution in [-0.4, -0.2) is 0 Å². The second-order valence-electron chi connectivity index (χ2n) is 7.81. The van der Waals surface area contributed by atoms with E-state index in [1.807, 2.05) is 5.57 Å². The molecule has 0 aromatic carbocycles. The van der Waals surface area contributed by atoms with E-state index in [0.29, 0.717) is 5.41 Å². The summed E-state index contributed by atoms with van der Waals surface area (Å²) in [6.07, 6.45) is 20.6. The zero-order valence-corrected chi connectivity index (χ0v) is 14.2. The molecule has 0 heterocycles. The molecule has 3 rings (SSSR count). The first kappa shape index (κ1) is 15.1. The molecule has 0 fully saturated rings. The highest BCUT2D eigenvalue weighted by Gasteiger charge is 2.48. The number of rotatable bonds is 5. The Morgan fingerprint density at radius 3 is 2.76 bits per heavy atom. The van der Waals surface area contributed by atoms with Gasteiger partial charge in [0.15, 0.2) is 0 Å². The van der Waals surface area contributed by atoms with Gasteiger partial charge >= 0.3 is 0 Å². The maximum Gasteiger partial charge on any atom is -0.00185 e. The van der Waals surface area contributed by atoms with Gasteiger partial charge in [0.25, 0.3) is 0 Å². The molecule has 0 heteroatoms. The molecule has 3 unspecified atom stereocenters. The van der Waals surface area contributed by atoms with Crippen LogP contribution in [0.5, 0.6) is 0 Å². The maximum absolute atomic E-state index is 2.50. The van der Waals surface area contributed by atoms with E-state index in [2.05, 4.69) is 45.1 Å². The van der Waals surface area contributed by atoms with Crippen LogP contribution in [0.2, 0.25) is 0 Å². The highest BCUT2D eigenvalue weighted by molar-refractivity contribution is 5.45. The molecule has 0 bridgehead atoms. The van der Waals surface area contributed by atoms with Crippen molar-refractivity contribution >= 4 is 0 Å². The number of hydrogen-bond donors (Lipinski definition) is 0. The summed E-state index contributed by atoms with van der Waals surface area (Å²) < 4.78 is 0. The van der Waals surface area contributed by atoms with E-state index in [1.165, 1.54) is 51.4 Å². The zero-order chi connectivity index (χ0) is 14.9. The fraction of sp³-hybridized carbons (Fsp3) is 0.714. The third-order valence-corrected chi connectivity index (χ3v) is 6.50. The number of allylic oxidation sites excluding steroid dienone is 6. The largest absolute Gasteiger partial charge is 0.0885 e. The zero-order valence-electron chi connectivity index (χ0n) is 14.2.